The van der Waals surface area contributed by atoms with Gasteiger partial charge >= 0.3 is 5.97 Å². The third kappa shape index (κ3) is 5.05. The Morgan fingerprint density at radius 3 is 2.53 bits per heavy atom. The van der Waals surface area contributed by atoms with Crippen LogP contribution in [0.15, 0.2) is 44.2 Å². The fourth-order valence-corrected chi connectivity index (χ4v) is 5.08. The number of hydrogen-bond acceptors (Lipinski definition) is 5. The number of nitrogens with zero attached hydrogens (tertiary/aromatic N) is 1. The number of hydrogen-bond donors (Lipinski definition) is 1. The lowest BCUT2D eigenvalue weighted by molar-refractivity contribution is -0.139. The van der Waals surface area contributed by atoms with Crippen LogP contribution in [0.25, 0.3) is 6.08 Å². The van der Waals surface area contributed by atoms with E-state index in [4.69, 9.17) is 21.4 Å². The van der Waals surface area contributed by atoms with Gasteiger partial charge in [-0.15, -0.1) is 0 Å². The number of rotatable bonds is 6. The summed E-state index contributed by atoms with van der Waals surface area (Å²) < 4.78 is 20.1. The molecular formula is C19H11Br2ClFNO5S. The molecule has 1 aliphatic heterocycles. The van der Waals surface area contributed by atoms with Gasteiger partial charge in [-0.25, -0.2) is 9.18 Å². The molecule has 30 heavy (non-hydrogen) atoms. The smallest absolute Gasteiger partial charge is 0.341 e. The van der Waals surface area contributed by atoms with Gasteiger partial charge < -0.3 is 9.84 Å². The molecule has 11 heteroatoms. The third-order valence-electron chi connectivity index (χ3n) is 3.91. The van der Waals surface area contributed by atoms with Crippen molar-refractivity contribution in [1.82, 2.24) is 4.90 Å². The lowest BCUT2D eigenvalue weighted by Crippen LogP contribution is -2.28. The summed E-state index contributed by atoms with van der Waals surface area (Å²) in [5, 5.41) is 8.34. The van der Waals surface area contributed by atoms with Gasteiger partial charge in [-0.1, -0.05) is 17.7 Å². The molecule has 1 saturated heterocycles. The Labute approximate surface area is 196 Å². The maximum atomic E-state index is 14.0. The van der Waals surface area contributed by atoms with Crippen molar-refractivity contribution in [3.8, 4) is 5.75 Å². The van der Waals surface area contributed by atoms with Crippen LogP contribution in [-0.4, -0.2) is 33.7 Å². The zero-order valence-corrected chi connectivity index (χ0v) is 19.6. The highest BCUT2D eigenvalue weighted by atomic mass is 79.9. The van der Waals surface area contributed by atoms with Gasteiger partial charge in [0.15, 0.2) is 6.61 Å². The van der Waals surface area contributed by atoms with E-state index in [9.17, 15) is 18.8 Å². The highest BCUT2D eigenvalue weighted by molar-refractivity contribution is 9.11. The topological polar surface area (TPSA) is 83.9 Å². The monoisotopic (exact) mass is 577 g/mol. The van der Waals surface area contributed by atoms with Crippen LogP contribution in [-0.2, 0) is 16.1 Å². The van der Waals surface area contributed by atoms with Gasteiger partial charge in [-0.05, 0) is 79.5 Å². The van der Waals surface area contributed by atoms with Gasteiger partial charge in [0.1, 0.15) is 11.6 Å². The van der Waals surface area contributed by atoms with Crippen LogP contribution in [0.5, 0.6) is 5.75 Å². The lowest BCUT2D eigenvalue weighted by Gasteiger charge is -2.14. The van der Waals surface area contributed by atoms with Gasteiger partial charge in [0.05, 0.1) is 20.4 Å². The van der Waals surface area contributed by atoms with Gasteiger partial charge in [0.2, 0.25) is 0 Å². The molecule has 1 heterocycles. The Morgan fingerprint density at radius 1 is 1.27 bits per heavy atom. The summed E-state index contributed by atoms with van der Waals surface area (Å²) in [4.78, 5) is 36.8. The molecule has 2 amide bonds. The average Bonchev–Trinajstić information content (AvgIpc) is 2.91. The minimum atomic E-state index is -1.12. The predicted molar refractivity (Wildman–Crippen MR) is 118 cm³/mol. The molecule has 3 rings (SSSR count). The van der Waals surface area contributed by atoms with Crippen LogP contribution in [0.3, 0.4) is 0 Å². The molecule has 1 fully saturated rings. The molecule has 2 aromatic rings. The van der Waals surface area contributed by atoms with Crippen LogP contribution in [0.1, 0.15) is 11.1 Å². The summed E-state index contributed by atoms with van der Waals surface area (Å²) in [6.07, 6.45) is 1.50. The third-order valence-corrected chi connectivity index (χ3v) is 6.35. The van der Waals surface area contributed by atoms with Crippen molar-refractivity contribution in [1.29, 1.82) is 0 Å². The fourth-order valence-electron chi connectivity index (χ4n) is 2.56. The van der Waals surface area contributed by atoms with Gasteiger partial charge in [-0.3, -0.25) is 14.5 Å². The second-order valence-corrected chi connectivity index (χ2v) is 9.07. The van der Waals surface area contributed by atoms with E-state index in [2.05, 4.69) is 31.9 Å². The zero-order chi connectivity index (χ0) is 22.0. The largest absolute Gasteiger partial charge is 0.480 e. The minimum Gasteiger partial charge on any atom is -0.480 e. The van der Waals surface area contributed by atoms with E-state index in [1.54, 1.807) is 12.1 Å². The van der Waals surface area contributed by atoms with Crippen molar-refractivity contribution in [3.05, 3.63) is 66.1 Å². The van der Waals surface area contributed by atoms with Crippen molar-refractivity contribution in [2.24, 2.45) is 0 Å². The SMILES string of the molecule is O=C(O)COc1c(Br)cc(/C=C2\SC(=O)N(Cc3c(F)cccc3Cl)C2=O)cc1Br. The van der Waals surface area contributed by atoms with Crippen molar-refractivity contribution in [2.75, 3.05) is 6.61 Å². The van der Waals surface area contributed by atoms with Crippen LogP contribution >= 0.6 is 55.2 Å². The predicted octanol–water partition coefficient (Wildman–Crippen LogP) is 5.70. The van der Waals surface area contributed by atoms with Crippen LogP contribution < -0.4 is 4.74 Å². The molecule has 0 aromatic heterocycles. The maximum Gasteiger partial charge on any atom is 0.341 e. The number of ether oxygens (including phenoxy) is 1. The molecule has 0 unspecified atom stereocenters. The molecule has 0 atom stereocenters. The zero-order valence-electron chi connectivity index (χ0n) is 14.8. The van der Waals surface area contributed by atoms with Crippen LogP contribution in [0.4, 0.5) is 9.18 Å². The first-order valence-electron chi connectivity index (χ1n) is 8.19. The second-order valence-electron chi connectivity index (χ2n) is 5.96. The lowest BCUT2D eigenvalue weighted by atomic mass is 10.2. The van der Waals surface area contributed by atoms with Crippen molar-refractivity contribution in [2.45, 2.75) is 6.54 Å². The van der Waals surface area contributed by atoms with Crippen LogP contribution in [0.2, 0.25) is 5.02 Å². The molecule has 0 spiro atoms. The first kappa shape index (κ1) is 22.8. The number of carboxylic acid groups (broad SMARTS) is 1. The standard InChI is InChI=1S/C19H11Br2ClFNO5S/c20-11-4-9(5-12(21)17(11)29-8-16(25)26)6-15-18(27)24(19(28)30-15)7-10-13(22)2-1-3-14(10)23/h1-6H,7-8H2,(H,25,26)/b15-6-. The van der Waals surface area contributed by atoms with Gasteiger partial charge in [0.25, 0.3) is 11.1 Å². The number of imide groups is 1. The van der Waals surface area contributed by atoms with Crippen molar-refractivity contribution in [3.63, 3.8) is 0 Å². The molecule has 156 valence electrons. The summed E-state index contributed by atoms with van der Waals surface area (Å²) in [5.74, 6) is -2.00. The number of halogens is 4. The van der Waals surface area contributed by atoms with E-state index in [1.807, 2.05) is 0 Å². The number of aliphatic carboxylic acids is 1. The quantitative estimate of drug-likeness (QED) is 0.442. The highest BCUT2D eigenvalue weighted by Crippen LogP contribution is 2.38. The molecule has 6 nitrogen and oxygen atoms in total. The van der Waals surface area contributed by atoms with Crippen molar-refractivity contribution < 1.29 is 28.6 Å². The Morgan fingerprint density at radius 2 is 1.93 bits per heavy atom. The van der Waals surface area contributed by atoms with E-state index in [-0.39, 0.29) is 27.8 Å². The van der Waals surface area contributed by atoms with Crippen LogP contribution in [0, 0.1) is 5.82 Å². The molecule has 1 N–H and O–H groups in total. The summed E-state index contributed by atoms with van der Waals surface area (Å²) in [7, 11) is 0. The number of benzene rings is 2. The molecule has 1 aliphatic rings. The normalized spacial score (nSPS) is 15.2. The molecule has 0 saturated carbocycles. The molecule has 2 aromatic carbocycles. The number of carboxylic acids is 1. The maximum absolute atomic E-state index is 14.0. The molecule has 0 aliphatic carbocycles. The summed E-state index contributed by atoms with van der Waals surface area (Å²) in [5.41, 5.74) is 0.624. The molecule has 0 radical (unpaired) electrons. The minimum absolute atomic E-state index is 0.0631. The Hall–Kier alpha value is -1.88. The number of carbonyl (C=O) groups excluding carboxylic acids is 2. The first-order valence-corrected chi connectivity index (χ1v) is 11.0. The van der Waals surface area contributed by atoms with Gasteiger partial charge in [-0.2, -0.15) is 0 Å². The van der Waals surface area contributed by atoms with E-state index in [0.717, 1.165) is 16.7 Å². The van der Waals surface area contributed by atoms with E-state index >= 15 is 0 Å². The Balaban J connectivity index is 1.84. The summed E-state index contributed by atoms with van der Waals surface area (Å²) in [6.45, 7) is -0.795. The second kappa shape index (κ2) is 9.51. The van der Waals surface area contributed by atoms with Crippen molar-refractivity contribution >= 4 is 78.4 Å². The Bertz CT molecular complexity index is 1050. The van der Waals surface area contributed by atoms with E-state index in [1.165, 1.54) is 24.3 Å². The number of amides is 2. The number of carbonyl (C=O) groups is 3. The van der Waals surface area contributed by atoms with E-state index < -0.39 is 29.5 Å². The molecular weight excluding hydrogens is 569 g/mol. The fraction of sp³-hybridized carbons (Fsp3) is 0.105. The summed E-state index contributed by atoms with van der Waals surface area (Å²) >= 11 is 13.3. The molecule has 0 bridgehead atoms. The highest BCUT2D eigenvalue weighted by Gasteiger charge is 2.36. The first-order chi connectivity index (χ1) is 14.2. The van der Waals surface area contributed by atoms with E-state index in [0.29, 0.717) is 14.5 Å². The Kier molecular flexibility index (Phi) is 7.22. The van der Waals surface area contributed by atoms with Gasteiger partial charge in [0, 0.05) is 10.6 Å². The average molecular weight is 580 g/mol. The summed E-state index contributed by atoms with van der Waals surface area (Å²) in [6, 6.07) is 7.36. The number of thioether (sulfide) groups is 1.